The van der Waals surface area contributed by atoms with Crippen LogP contribution in [0.5, 0.6) is 0 Å². The van der Waals surface area contributed by atoms with Gasteiger partial charge < -0.3 is 15.3 Å². The Morgan fingerprint density at radius 2 is 1.62 bits per heavy atom. The Morgan fingerprint density at radius 3 is 2.38 bits per heavy atom. The van der Waals surface area contributed by atoms with Gasteiger partial charge in [-0.15, -0.1) is 0 Å². The van der Waals surface area contributed by atoms with Crippen molar-refractivity contribution in [1.82, 2.24) is 10.2 Å². The van der Waals surface area contributed by atoms with Gasteiger partial charge in [0.15, 0.2) is 0 Å². The van der Waals surface area contributed by atoms with Gasteiger partial charge in [-0.05, 0) is 65.1 Å². The van der Waals surface area contributed by atoms with Crippen molar-refractivity contribution in [2.24, 2.45) is 0 Å². The van der Waals surface area contributed by atoms with Crippen LogP contribution in [-0.2, 0) is 0 Å². The van der Waals surface area contributed by atoms with Crippen molar-refractivity contribution in [3.63, 3.8) is 0 Å². The number of rotatable bonds is 2. The van der Waals surface area contributed by atoms with E-state index in [1.807, 2.05) is 0 Å². The lowest BCUT2D eigenvalue weighted by Gasteiger charge is -2.30. The summed E-state index contributed by atoms with van der Waals surface area (Å²) in [5.41, 5.74) is 0. The lowest BCUT2D eigenvalue weighted by atomic mass is 9.92. The zero-order valence-electron chi connectivity index (χ0n) is 10.5. The van der Waals surface area contributed by atoms with Gasteiger partial charge in [0.2, 0.25) is 0 Å². The van der Waals surface area contributed by atoms with Gasteiger partial charge in [0.25, 0.3) is 0 Å². The van der Waals surface area contributed by atoms with Crippen molar-refractivity contribution in [1.29, 1.82) is 0 Å². The van der Waals surface area contributed by atoms with E-state index in [1.165, 1.54) is 32.4 Å². The molecule has 0 aromatic rings. The minimum atomic E-state index is -0.0293. The first-order valence-corrected chi connectivity index (χ1v) is 6.86. The lowest BCUT2D eigenvalue weighted by Crippen LogP contribution is -2.41. The van der Waals surface area contributed by atoms with Gasteiger partial charge in [-0.3, -0.25) is 0 Å². The van der Waals surface area contributed by atoms with Crippen molar-refractivity contribution in [3.8, 4) is 0 Å². The Morgan fingerprint density at radius 1 is 0.938 bits per heavy atom. The predicted octanol–water partition coefficient (Wildman–Crippen LogP) is 1.36. The molecule has 0 spiro atoms. The van der Waals surface area contributed by atoms with Crippen LogP contribution in [0.15, 0.2) is 0 Å². The average molecular weight is 226 g/mol. The molecule has 3 nitrogen and oxygen atoms in total. The van der Waals surface area contributed by atoms with E-state index in [4.69, 9.17) is 0 Å². The molecular formula is C13H26N2O. The van der Waals surface area contributed by atoms with E-state index in [-0.39, 0.29) is 6.10 Å². The molecule has 1 aliphatic carbocycles. The monoisotopic (exact) mass is 226 g/mol. The fourth-order valence-corrected chi connectivity index (χ4v) is 2.98. The topological polar surface area (TPSA) is 35.5 Å². The average Bonchev–Trinajstić information content (AvgIpc) is 2.47. The summed E-state index contributed by atoms with van der Waals surface area (Å²) < 4.78 is 0. The minimum Gasteiger partial charge on any atom is -0.393 e. The summed E-state index contributed by atoms with van der Waals surface area (Å²) in [4.78, 5) is 2.44. The van der Waals surface area contributed by atoms with Gasteiger partial charge in [-0.25, -0.2) is 0 Å². The van der Waals surface area contributed by atoms with Crippen LogP contribution in [-0.4, -0.2) is 48.3 Å². The van der Waals surface area contributed by atoms with Gasteiger partial charge in [0.05, 0.1) is 6.10 Å². The number of aliphatic hydroxyl groups is 1. The van der Waals surface area contributed by atoms with E-state index < -0.39 is 0 Å². The first kappa shape index (κ1) is 12.3. The quantitative estimate of drug-likeness (QED) is 0.746. The van der Waals surface area contributed by atoms with E-state index >= 15 is 0 Å². The summed E-state index contributed by atoms with van der Waals surface area (Å²) in [5, 5.41) is 13.3. The van der Waals surface area contributed by atoms with Crippen LogP contribution >= 0.6 is 0 Å². The maximum atomic E-state index is 9.48. The van der Waals surface area contributed by atoms with Crippen molar-refractivity contribution in [3.05, 3.63) is 0 Å². The van der Waals surface area contributed by atoms with Crippen molar-refractivity contribution >= 4 is 0 Å². The van der Waals surface area contributed by atoms with Crippen molar-refractivity contribution < 1.29 is 5.11 Å². The Hall–Kier alpha value is -0.120. The highest BCUT2D eigenvalue weighted by Gasteiger charge is 2.22. The molecule has 0 amide bonds. The summed E-state index contributed by atoms with van der Waals surface area (Å²) >= 11 is 0. The number of hydrogen-bond donors (Lipinski definition) is 2. The summed E-state index contributed by atoms with van der Waals surface area (Å²) in [7, 11) is 2.22. The molecule has 1 aliphatic heterocycles. The molecule has 1 heterocycles. The second-order valence-corrected chi connectivity index (χ2v) is 5.60. The van der Waals surface area contributed by atoms with E-state index in [0.717, 1.165) is 25.7 Å². The summed E-state index contributed by atoms with van der Waals surface area (Å²) in [6.07, 6.45) is 8.20. The standard InChI is InChI=1S/C13H26N2O/c1-15-9-2-3-11(8-10-15)14-12-4-6-13(16)7-5-12/h11-14,16H,2-10H2,1H3. The van der Waals surface area contributed by atoms with Crippen molar-refractivity contribution in [2.75, 3.05) is 20.1 Å². The first-order valence-electron chi connectivity index (χ1n) is 6.86. The molecule has 2 rings (SSSR count). The third-order valence-electron chi connectivity index (χ3n) is 4.12. The fourth-order valence-electron chi connectivity index (χ4n) is 2.98. The minimum absolute atomic E-state index is 0.0293. The van der Waals surface area contributed by atoms with E-state index in [9.17, 15) is 5.11 Å². The van der Waals surface area contributed by atoms with Crippen molar-refractivity contribution in [2.45, 2.75) is 63.1 Å². The molecule has 1 unspecified atom stereocenters. The van der Waals surface area contributed by atoms with E-state index in [0.29, 0.717) is 12.1 Å². The zero-order valence-corrected chi connectivity index (χ0v) is 10.5. The SMILES string of the molecule is CN1CCCC(NC2CCC(O)CC2)CC1. The molecule has 2 N–H and O–H groups in total. The predicted molar refractivity (Wildman–Crippen MR) is 66.5 cm³/mol. The molecule has 94 valence electrons. The fraction of sp³-hybridized carbons (Fsp3) is 1.00. The maximum Gasteiger partial charge on any atom is 0.0541 e. The third kappa shape index (κ3) is 3.72. The lowest BCUT2D eigenvalue weighted by molar-refractivity contribution is 0.113. The highest BCUT2D eigenvalue weighted by molar-refractivity contribution is 4.82. The number of hydrogen-bond acceptors (Lipinski definition) is 3. The molecule has 0 aromatic heterocycles. The molecule has 3 heteroatoms. The molecule has 2 fully saturated rings. The van der Waals surface area contributed by atoms with E-state index in [2.05, 4.69) is 17.3 Å². The van der Waals surface area contributed by atoms with Crippen LogP contribution in [0.25, 0.3) is 0 Å². The Kier molecular flexibility index (Phi) is 4.62. The summed E-state index contributed by atoms with van der Waals surface area (Å²) in [5.74, 6) is 0. The smallest absolute Gasteiger partial charge is 0.0541 e. The van der Waals surface area contributed by atoms with Crippen LogP contribution in [0.2, 0.25) is 0 Å². The van der Waals surface area contributed by atoms with Crippen LogP contribution in [0, 0.1) is 0 Å². The summed E-state index contributed by atoms with van der Waals surface area (Å²) in [6, 6.07) is 1.38. The number of aliphatic hydroxyl groups excluding tert-OH is 1. The van der Waals surface area contributed by atoms with Crippen LogP contribution in [0.4, 0.5) is 0 Å². The highest BCUT2D eigenvalue weighted by Crippen LogP contribution is 2.20. The van der Waals surface area contributed by atoms with E-state index in [1.54, 1.807) is 0 Å². The van der Waals surface area contributed by atoms with Gasteiger partial charge >= 0.3 is 0 Å². The number of likely N-dealkylation sites (tertiary alicyclic amines) is 1. The summed E-state index contributed by atoms with van der Waals surface area (Å²) in [6.45, 7) is 2.48. The molecule has 16 heavy (non-hydrogen) atoms. The maximum absolute atomic E-state index is 9.48. The molecule has 1 saturated carbocycles. The largest absolute Gasteiger partial charge is 0.393 e. The number of nitrogens with one attached hydrogen (secondary N) is 1. The molecule has 1 saturated heterocycles. The number of nitrogens with zero attached hydrogens (tertiary/aromatic N) is 1. The van der Waals surface area contributed by atoms with Gasteiger partial charge in [-0.2, -0.15) is 0 Å². The normalized spacial score (nSPS) is 38.2. The molecule has 0 aromatic carbocycles. The van der Waals surface area contributed by atoms with Crippen LogP contribution < -0.4 is 5.32 Å². The molecular weight excluding hydrogens is 200 g/mol. The molecule has 0 bridgehead atoms. The first-order chi connectivity index (χ1) is 7.74. The third-order valence-corrected chi connectivity index (χ3v) is 4.12. The Labute approximate surface area is 99.2 Å². The second kappa shape index (κ2) is 5.99. The highest BCUT2D eigenvalue weighted by atomic mass is 16.3. The molecule has 1 atom stereocenters. The van der Waals surface area contributed by atoms with Gasteiger partial charge in [-0.1, -0.05) is 0 Å². The molecule has 2 aliphatic rings. The van der Waals surface area contributed by atoms with Gasteiger partial charge in [0.1, 0.15) is 0 Å². The second-order valence-electron chi connectivity index (χ2n) is 5.60. The van der Waals surface area contributed by atoms with Crippen LogP contribution in [0.1, 0.15) is 44.9 Å². The Bertz CT molecular complexity index is 202. The molecule has 0 radical (unpaired) electrons. The Balaban J connectivity index is 1.72. The van der Waals surface area contributed by atoms with Crippen LogP contribution in [0.3, 0.4) is 0 Å². The zero-order chi connectivity index (χ0) is 11.4. The van der Waals surface area contributed by atoms with Gasteiger partial charge in [0, 0.05) is 12.1 Å².